The number of aromatic nitrogens is 3. The second-order valence-corrected chi connectivity index (χ2v) is 11.4. The Morgan fingerprint density at radius 1 is 1.10 bits per heavy atom. The molecule has 0 bridgehead atoms. The number of fused-ring (bicyclic) bond motifs is 1. The van der Waals surface area contributed by atoms with Crippen molar-refractivity contribution in [1.82, 2.24) is 30.1 Å². The monoisotopic (exact) mass is 592 g/mol. The lowest BCUT2D eigenvalue weighted by Crippen LogP contribution is -2.46. The fourth-order valence-electron chi connectivity index (χ4n) is 5.13. The van der Waals surface area contributed by atoms with Gasteiger partial charge in [-0.3, -0.25) is 9.59 Å². The van der Waals surface area contributed by atoms with E-state index in [1.807, 2.05) is 37.3 Å². The van der Waals surface area contributed by atoms with Crippen molar-refractivity contribution in [1.29, 1.82) is 0 Å². The summed E-state index contributed by atoms with van der Waals surface area (Å²) < 4.78 is 0. The van der Waals surface area contributed by atoms with Crippen molar-refractivity contribution in [3.8, 4) is 11.3 Å². The Hall–Kier alpha value is -3.80. The number of anilines is 2. The molecule has 1 aromatic carbocycles. The van der Waals surface area contributed by atoms with E-state index in [-0.39, 0.29) is 30.5 Å². The van der Waals surface area contributed by atoms with Crippen molar-refractivity contribution < 1.29 is 14.7 Å². The lowest BCUT2D eigenvalue weighted by molar-refractivity contribution is -0.125. The molecule has 0 radical (unpaired) electrons. The molecule has 0 spiro atoms. The first-order chi connectivity index (χ1) is 20.1. The normalized spacial score (nSPS) is 17.5. The summed E-state index contributed by atoms with van der Waals surface area (Å²) in [6.07, 6.45) is 1.49. The highest BCUT2D eigenvalue weighted by molar-refractivity contribution is 6.33. The molecule has 3 aromatic rings. The molecule has 2 aliphatic heterocycles. The molecular formula is C30H37ClN8O3. The standard InChI is InChI=1S/C30H37ClN8O3/c1-18(17-40)33-30-32-15-24(31)27(36-30)21-8-9-22-16-39(29(42)23(22)14-21)20(3)28(41)34-19(2)25-6-5-7-26(35-25)38-12-10-37(4)11-13-38/h5-9,14-15,18-20,40H,10-13,16-17H2,1-4H3,(H,34,41)(H,32,33,36)/t18-,19+,20+/m0/s1. The quantitative estimate of drug-likeness (QED) is 0.344. The summed E-state index contributed by atoms with van der Waals surface area (Å²) in [5.41, 5.74) is 3.24. The summed E-state index contributed by atoms with van der Waals surface area (Å²) in [5, 5.41) is 15.7. The number of carbonyl (C=O) groups is 2. The first-order valence-electron chi connectivity index (χ1n) is 14.2. The van der Waals surface area contributed by atoms with E-state index < -0.39 is 6.04 Å². The van der Waals surface area contributed by atoms with Gasteiger partial charge in [-0.1, -0.05) is 29.8 Å². The first kappa shape index (κ1) is 29.7. The van der Waals surface area contributed by atoms with Crippen LogP contribution in [0.25, 0.3) is 11.3 Å². The number of likely N-dealkylation sites (N-methyl/N-ethyl adjacent to an activating group) is 1. The number of benzene rings is 1. The molecule has 3 atom stereocenters. The Labute approximate surface area is 250 Å². The summed E-state index contributed by atoms with van der Waals surface area (Å²) in [6, 6.07) is 10.1. The van der Waals surface area contributed by atoms with E-state index in [1.165, 1.54) is 6.20 Å². The summed E-state index contributed by atoms with van der Waals surface area (Å²) in [4.78, 5) is 46.4. The third-order valence-electron chi connectivity index (χ3n) is 7.84. The van der Waals surface area contributed by atoms with Crippen molar-refractivity contribution in [2.75, 3.05) is 50.1 Å². The van der Waals surface area contributed by atoms with Crippen LogP contribution in [0, 0.1) is 0 Å². The van der Waals surface area contributed by atoms with Crippen LogP contribution in [-0.4, -0.2) is 93.6 Å². The minimum atomic E-state index is -0.685. The number of pyridine rings is 1. The molecule has 11 nitrogen and oxygen atoms in total. The number of nitrogens with one attached hydrogen (secondary N) is 2. The topological polar surface area (TPSA) is 127 Å². The van der Waals surface area contributed by atoms with Gasteiger partial charge in [0.1, 0.15) is 11.9 Å². The summed E-state index contributed by atoms with van der Waals surface area (Å²) in [7, 11) is 2.12. The number of carbonyl (C=O) groups excluding carboxylic acids is 2. The maximum atomic E-state index is 13.5. The van der Waals surface area contributed by atoms with Crippen molar-refractivity contribution in [2.24, 2.45) is 0 Å². The second-order valence-electron chi connectivity index (χ2n) is 11.0. The van der Waals surface area contributed by atoms with Gasteiger partial charge in [-0.15, -0.1) is 0 Å². The average molecular weight is 593 g/mol. The maximum absolute atomic E-state index is 13.5. The molecule has 2 aliphatic rings. The Bertz CT molecular complexity index is 1460. The number of rotatable bonds is 9. The van der Waals surface area contributed by atoms with E-state index in [0.29, 0.717) is 34.3 Å². The van der Waals surface area contributed by atoms with Gasteiger partial charge in [0.2, 0.25) is 11.9 Å². The van der Waals surface area contributed by atoms with Crippen molar-refractivity contribution in [3.63, 3.8) is 0 Å². The second kappa shape index (κ2) is 12.6. The third-order valence-corrected chi connectivity index (χ3v) is 8.12. The molecule has 0 unspecified atom stereocenters. The van der Waals surface area contributed by atoms with Crippen LogP contribution in [0.1, 0.15) is 48.4 Å². The Kier molecular flexibility index (Phi) is 8.91. The van der Waals surface area contributed by atoms with Gasteiger partial charge in [0, 0.05) is 49.9 Å². The van der Waals surface area contributed by atoms with Gasteiger partial charge >= 0.3 is 0 Å². The van der Waals surface area contributed by atoms with Gasteiger partial charge in [0.25, 0.3) is 5.91 Å². The maximum Gasteiger partial charge on any atom is 0.255 e. The fraction of sp³-hybridized carbons (Fsp3) is 0.433. The van der Waals surface area contributed by atoms with Crippen LogP contribution in [0.4, 0.5) is 11.8 Å². The molecule has 4 heterocycles. The highest BCUT2D eigenvalue weighted by Gasteiger charge is 2.35. The smallest absolute Gasteiger partial charge is 0.255 e. The molecule has 1 fully saturated rings. The lowest BCUT2D eigenvalue weighted by Gasteiger charge is -2.33. The van der Waals surface area contributed by atoms with Crippen LogP contribution in [0.15, 0.2) is 42.6 Å². The molecule has 1 saturated heterocycles. The number of amides is 2. The molecule has 2 amide bonds. The Morgan fingerprint density at radius 2 is 1.86 bits per heavy atom. The molecule has 0 aliphatic carbocycles. The first-order valence-corrected chi connectivity index (χ1v) is 14.6. The predicted molar refractivity (Wildman–Crippen MR) is 162 cm³/mol. The van der Waals surface area contributed by atoms with Crippen LogP contribution in [0.2, 0.25) is 5.02 Å². The SMILES string of the molecule is C[C@H](C(=O)N[C@H](C)c1cccc(N2CCN(C)CC2)n1)N1Cc2ccc(-c3nc(N[C@@H](C)CO)ncc3Cl)cc2C1=O. The average Bonchev–Trinajstić information content (AvgIpc) is 3.33. The molecule has 0 saturated carbocycles. The molecule has 12 heteroatoms. The summed E-state index contributed by atoms with van der Waals surface area (Å²) >= 11 is 6.41. The fourth-order valence-corrected chi connectivity index (χ4v) is 5.33. The van der Waals surface area contributed by atoms with Crippen molar-refractivity contribution in [3.05, 3.63) is 64.4 Å². The molecule has 2 aromatic heterocycles. The van der Waals surface area contributed by atoms with Crippen LogP contribution in [-0.2, 0) is 11.3 Å². The molecule has 5 rings (SSSR count). The van der Waals surface area contributed by atoms with Crippen LogP contribution < -0.4 is 15.5 Å². The van der Waals surface area contributed by atoms with E-state index in [4.69, 9.17) is 16.6 Å². The zero-order chi connectivity index (χ0) is 30.0. The highest BCUT2D eigenvalue weighted by atomic mass is 35.5. The Balaban J connectivity index is 1.26. The van der Waals surface area contributed by atoms with Crippen molar-refractivity contribution >= 4 is 35.2 Å². The van der Waals surface area contributed by atoms with E-state index in [2.05, 4.69) is 37.4 Å². The largest absolute Gasteiger partial charge is 0.394 e. The number of piperazine rings is 1. The van der Waals surface area contributed by atoms with Crippen LogP contribution in [0.5, 0.6) is 0 Å². The van der Waals surface area contributed by atoms with Crippen LogP contribution >= 0.6 is 11.6 Å². The van der Waals surface area contributed by atoms with Crippen molar-refractivity contribution in [2.45, 2.75) is 45.4 Å². The summed E-state index contributed by atoms with van der Waals surface area (Å²) in [6.45, 7) is 9.49. The Morgan fingerprint density at radius 3 is 2.60 bits per heavy atom. The summed E-state index contributed by atoms with van der Waals surface area (Å²) in [5.74, 6) is 0.760. The number of hydrogen-bond acceptors (Lipinski definition) is 9. The minimum absolute atomic E-state index is 0.0749. The number of aliphatic hydroxyl groups excluding tert-OH is 1. The molecule has 222 valence electrons. The number of aliphatic hydroxyl groups is 1. The van der Waals surface area contributed by atoms with Gasteiger partial charge in [-0.2, -0.15) is 0 Å². The number of hydrogen-bond donors (Lipinski definition) is 3. The zero-order valence-corrected chi connectivity index (χ0v) is 25.1. The van der Waals surface area contributed by atoms with Gasteiger partial charge in [-0.25, -0.2) is 15.0 Å². The van der Waals surface area contributed by atoms with Gasteiger partial charge in [0.15, 0.2) is 0 Å². The minimum Gasteiger partial charge on any atom is -0.394 e. The van der Waals surface area contributed by atoms with Gasteiger partial charge in [-0.05, 0) is 51.6 Å². The lowest BCUT2D eigenvalue weighted by atomic mass is 10.0. The molecular weight excluding hydrogens is 556 g/mol. The third kappa shape index (κ3) is 6.33. The predicted octanol–water partition coefficient (Wildman–Crippen LogP) is 2.96. The van der Waals surface area contributed by atoms with Crippen LogP contribution in [0.3, 0.4) is 0 Å². The van der Waals surface area contributed by atoms with Gasteiger partial charge < -0.3 is 30.4 Å². The van der Waals surface area contributed by atoms with E-state index in [9.17, 15) is 14.7 Å². The van der Waals surface area contributed by atoms with Gasteiger partial charge in [0.05, 0.1) is 35.3 Å². The van der Waals surface area contributed by atoms with E-state index in [1.54, 1.807) is 24.8 Å². The zero-order valence-electron chi connectivity index (χ0n) is 24.3. The number of nitrogens with zero attached hydrogens (tertiary/aromatic N) is 6. The number of halogens is 1. The molecule has 3 N–H and O–H groups in total. The highest BCUT2D eigenvalue weighted by Crippen LogP contribution is 2.32. The van der Waals surface area contributed by atoms with E-state index >= 15 is 0 Å². The van der Waals surface area contributed by atoms with E-state index in [0.717, 1.165) is 43.3 Å². The molecule has 42 heavy (non-hydrogen) atoms.